The molecule has 1 aromatic rings. The van der Waals surface area contributed by atoms with Crippen LogP contribution in [0, 0.1) is 0 Å². The molecule has 0 aliphatic rings. The summed E-state index contributed by atoms with van der Waals surface area (Å²) in [7, 11) is 0. The molecule has 0 saturated heterocycles. The van der Waals surface area contributed by atoms with Crippen LogP contribution in [0.15, 0.2) is 12.3 Å². The average molecular weight is 221 g/mol. The van der Waals surface area contributed by atoms with Crippen LogP contribution in [0.4, 0.5) is 5.82 Å². The zero-order valence-electron chi connectivity index (χ0n) is 10.1. The third-order valence-electron chi connectivity index (χ3n) is 2.30. The van der Waals surface area contributed by atoms with Crippen LogP contribution in [0.1, 0.15) is 31.9 Å². The molecule has 4 heteroatoms. The van der Waals surface area contributed by atoms with Crippen molar-refractivity contribution in [3.63, 3.8) is 0 Å². The van der Waals surface area contributed by atoms with Crippen LogP contribution < -0.4 is 10.6 Å². The van der Waals surface area contributed by atoms with Gasteiger partial charge in [0.05, 0.1) is 0 Å². The van der Waals surface area contributed by atoms with Crippen molar-refractivity contribution in [2.45, 2.75) is 33.7 Å². The summed E-state index contributed by atoms with van der Waals surface area (Å²) in [5.41, 5.74) is 2.22. The van der Waals surface area contributed by atoms with E-state index in [1.165, 1.54) is 12.5 Å². The molecule has 1 heterocycles. The van der Waals surface area contributed by atoms with Gasteiger partial charge in [-0.2, -0.15) is 0 Å². The predicted octanol–water partition coefficient (Wildman–Crippen LogP) is 1.71. The summed E-state index contributed by atoms with van der Waals surface area (Å²) < 4.78 is 0. The number of aryl methyl sites for hydroxylation is 1. The first kappa shape index (κ1) is 12.5. The summed E-state index contributed by atoms with van der Waals surface area (Å²) >= 11 is 0. The highest BCUT2D eigenvalue weighted by Crippen LogP contribution is 2.14. The quantitative estimate of drug-likeness (QED) is 0.796. The van der Waals surface area contributed by atoms with Crippen LogP contribution in [-0.4, -0.2) is 17.4 Å². The molecule has 1 rings (SSSR count). The number of amides is 1. The number of carbonyl (C=O) groups excluding carboxylic acids is 1. The number of nitrogens with zero attached hydrogens (tertiary/aromatic N) is 1. The van der Waals surface area contributed by atoms with Crippen molar-refractivity contribution in [3.8, 4) is 0 Å². The zero-order valence-corrected chi connectivity index (χ0v) is 10.1. The molecule has 88 valence electrons. The number of carbonyl (C=O) groups is 1. The Kier molecular flexibility index (Phi) is 4.76. The van der Waals surface area contributed by atoms with Gasteiger partial charge in [-0.25, -0.2) is 4.98 Å². The maximum Gasteiger partial charge on any atom is 0.217 e. The lowest BCUT2D eigenvalue weighted by molar-refractivity contribution is -0.119. The Morgan fingerprint density at radius 2 is 2.19 bits per heavy atom. The topological polar surface area (TPSA) is 54.0 Å². The Bertz CT molecular complexity index is 363. The van der Waals surface area contributed by atoms with E-state index in [-0.39, 0.29) is 5.91 Å². The van der Waals surface area contributed by atoms with E-state index < -0.39 is 0 Å². The molecule has 2 N–H and O–H groups in total. The van der Waals surface area contributed by atoms with E-state index in [0.717, 1.165) is 24.3 Å². The average Bonchev–Trinajstić information content (AvgIpc) is 2.28. The Balaban J connectivity index is 2.86. The second-order valence-corrected chi connectivity index (χ2v) is 3.64. The number of rotatable bonds is 5. The number of hydrogen-bond donors (Lipinski definition) is 2. The minimum atomic E-state index is -0.0237. The highest BCUT2D eigenvalue weighted by molar-refractivity contribution is 5.73. The lowest BCUT2D eigenvalue weighted by atomic mass is 10.1. The molecule has 0 atom stereocenters. The standard InChI is InChI=1S/C12H19N3O/c1-4-10-6-11(8-14-9(3)16)12(13-5-2)15-7-10/h6-7H,4-5,8H2,1-3H3,(H,13,15)(H,14,16). The van der Waals surface area contributed by atoms with Gasteiger partial charge in [0, 0.05) is 31.8 Å². The van der Waals surface area contributed by atoms with E-state index in [4.69, 9.17) is 0 Å². The lowest BCUT2D eigenvalue weighted by Gasteiger charge is -2.11. The number of aromatic nitrogens is 1. The molecule has 0 bridgehead atoms. The Morgan fingerprint density at radius 1 is 1.44 bits per heavy atom. The van der Waals surface area contributed by atoms with Gasteiger partial charge in [0.2, 0.25) is 5.91 Å². The van der Waals surface area contributed by atoms with Crippen LogP contribution >= 0.6 is 0 Å². The lowest BCUT2D eigenvalue weighted by Crippen LogP contribution is -2.20. The summed E-state index contributed by atoms with van der Waals surface area (Å²) in [6.07, 6.45) is 2.82. The van der Waals surface area contributed by atoms with E-state index in [9.17, 15) is 4.79 Å². The van der Waals surface area contributed by atoms with Crippen molar-refractivity contribution in [2.24, 2.45) is 0 Å². The first-order chi connectivity index (χ1) is 7.67. The van der Waals surface area contributed by atoms with Crippen LogP contribution in [0.3, 0.4) is 0 Å². The fraction of sp³-hybridized carbons (Fsp3) is 0.500. The molecule has 0 aliphatic heterocycles. The summed E-state index contributed by atoms with van der Waals surface area (Å²) in [4.78, 5) is 15.2. The second-order valence-electron chi connectivity index (χ2n) is 3.64. The SMILES string of the molecule is CCNc1ncc(CC)cc1CNC(C)=O. The minimum Gasteiger partial charge on any atom is -0.370 e. The Labute approximate surface area is 96.5 Å². The van der Waals surface area contributed by atoms with E-state index in [1.54, 1.807) is 0 Å². The highest BCUT2D eigenvalue weighted by Gasteiger charge is 2.04. The Hall–Kier alpha value is -1.58. The number of nitrogens with one attached hydrogen (secondary N) is 2. The molecular weight excluding hydrogens is 202 g/mol. The molecule has 0 spiro atoms. The van der Waals surface area contributed by atoms with Crippen molar-refractivity contribution >= 4 is 11.7 Å². The molecule has 1 amide bonds. The van der Waals surface area contributed by atoms with E-state index in [0.29, 0.717) is 6.54 Å². The molecule has 1 aromatic heterocycles. The fourth-order valence-corrected chi connectivity index (χ4v) is 1.43. The van der Waals surface area contributed by atoms with Crippen LogP contribution in [0.25, 0.3) is 0 Å². The van der Waals surface area contributed by atoms with Gasteiger partial charge < -0.3 is 10.6 Å². The summed E-state index contributed by atoms with van der Waals surface area (Å²) in [6, 6.07) is 2.08. The van der Waals surface area contributed by atoms with Crippen molar-refractivity contribution in [1.29, 1.82) is 0 Å². The van der Waals surface area contributed by atoms with Gasteiger partial charge in [-0.15, -0.1) is 0 Å². The van der Waals surface area contributed by atoms with E-state index >= 15 is 0 Å². The van der Waals surface area contributed by atoms with Gasteiger partial charge in [0.25, 0.3) is 0 Å². The highest BCUT2D eigenvalue weighted by atomic mass is 16.1. The molecule has 0 aliphatic carbocycles. The van der Waals surface area contributed by atoms with E-state index in [2.05, 4.69) is 28.6 Å². The first-order valence-electron chi connectivity index (χ1n) is 5.63. The molecule has 16 heavy (non-hydrogen) atoms. The monoisotopic (exact) mass is 221 g/mol. The summed E-state index contributed by atoms with van der Waals surface area (Å²) in [5, 5.41) is 5.98. The molecular formula is C12H19N3O. The van der Waals surface area contributed by atoms with Gasteiger partial charge in [0.15, 0.2) is 0 Å². The third-order valence-corrected chi connectivity index (χ3v) is 2.30. The van der Waals surface area contributed by atoms with Gasteiger partial charge in [0.1, 0.15) is 5.82 Å². The molecule has 0 saturated carbocycles. The summed E-state index contributed by atoms with van der Waals surface area (Å²) in [5.74, 6) is 0.831. The van der Waals surface area contributed by atoms with Gasteiger partial charge >= 0.3 is 0 Å². The molecule has 0 aromatic carbocycles. The number of hydrogen-bond acceptors (Lipinski definition) is 3. The minimum absolute atomic E-state index is 0.0237. The van der Waals surface area contributed by atoms with Gasteiger partial charge in [-0.05, 0) is 25.0 Å². The fourth-order valence-electron chi connectivity index (χ4n) is 1.43. The first-order valence-corrected chi connectivity index (χ1v) is 5.63. The second kappa shape index (κ2) is 6.10. The van der Waals surface area contributed by atoms with Crippen molar-refractivity contribution in [3.05, 3.63) is 23.4 Å². The van der Waals surface area contributed by atoms with Crippen LogP contribution in [0.2, 0.25) is 0 Å². The maximum atomic E-state index is 10.9. The smallest absolute Gasteiger partial charge is 0.217 e. The van der Waals surface area contributed by atoms with Gasteiger partial charge in [-0.3, -0.25) is 4.79 Å². The number of pyridine rings is 1. The third kappa shape index (κ3) is 3.53. The van der Waals surface area contributed by atoms with Crippen molar-refractivity contribution < 1.29 is 4.79 Å². The Morgan fingerprint density at radius 3 is 2.75 bits per heavy atom. The van der Waals surface area contributed by atoms with Crippen LogP contribution in [0.5, 0.6) is 0 Å². The van der Waals surface area contributed by atoms with Gasteiger partial charge in [-0.1, -0.05) is 6.92 Å². The molecule has 4 nitrogen and oxygen atoms in total. The van der Waals surface area contributed by atoms with Crippen molar-refractivity contribution in [1.82, 2.24) is 10.3 Å². The molecule has 0 unspecified atom stereocenters. The largest absolute Gasteiger partial charge is 0.370 e. The molecule has 0 radical (unpaired) electrons. The predicted molar refractivity (Wildman–Crippen MR) is 65.3 cm³/mol. The van der Waals surface area contributed by atoms with Crippen LogP contribution in [-0.2, 0) is 17.8 Å². The van der Waals surface area contributed by atoms with E-state index in [1.807, 2.05) is 13.1 Å². The number of anilines is 1. The molecule has 0 fully saturated rings. The summed E-state index contributed by atoms with van der Waals surface area (Å²) in [6.45, 7) is 6.98. The maximum absolute atomic E-state index is 10.9. The normalized spacial score (nSPS) is 9.94. The van der Waals surface area contributed by atoms with Crippen molar-refractivity contribution in [2.75, 3.05) is 11.9 Å². The zero-order chi connectivity index (χ0) is 12.0.